The zero-order chi connectivity index (χ0) is 15.0. The Balaban J connectivity index is 0.000000956. The smallest absolute Gasteiger partial charge is 0.269 e. The highest BCUT2D eigenvalue weighted by Gasteiger charge is 2.17. The maximum absolute atomic E-state index is 11.9. The van der Waals surface area contributed by atoms with Gasteiger partial charge >= 0.3 is 0 Å². The fourth-order valence-corrected chi connectivity index (χ4v) is 1.88. The number of non-ortho nitro benzene ring substituents is 1. The predicted octanol–water partition coefficient (Wildman–Crippen LogP) is 2.02. The molecule has 1 fully saturated rings. The Morgan fingerprint density at radius 2 is 2.00 bits per heavy atom. The second-order valence-electron chi connectivity index (χ2n) is 4.10. The third-order valence-corrected chi connectivity index (χ3v) is 2.84. The molecule has 0 atom stereocenters. The van der Waals surface area contributed by atoms with Crippen LogP contribution in [0.3, 0.4) is 0 Å². The first-order valence-electron chi connectivity index (χ1n) is 6.75. The van der Waals surface area contributed by atoms with Gasteiger partial charge in [-0.3, -0.25) is 14.9 Å². The molecule has 1 aliphatic rings. The molecule has 20 heavy (non-hydrogen) atoms. The topological polar surface area (TPSA) is 72.7 Å². The van der Waals surface area contributed by atoms with Crippen LogP contribution in [0.1, 0.15) is 19.4 Å². The van der Waals surface area contributed by atoms with Gasteiger partial charge in [-0.15, -0.1) is 0 Å². The number of nitro groups is 1. The van der Waals surface area contributed by atoms with Gasteiger partial charge in [-0.1, -0.05) is 26.0 Å². The van der Waals surface area contributed by atoms with E-state index in [9.17, 15) is 14.9 Å². The summed E-state index contributed by atoms with van der Waals surface area (Å²) in [5.41, 5.74) is 0.683. The number of ether oxygens (including phenoxy) is 1. The van der Waals surface area contributed by atoms with Crippen LogP contribution in [0.5, 0.6) is 0 Å². The monoisotopic (exact) mass is 280 g/mol. The van der Waals surface area contributed by atoms with Gasteiger partial charge < -0.3 is 9.64 Å². The third-order valence-electron chi connectivity index (χ3n) is 2.84. The quantitative estimate of drug-likeness (QED) is 0.627. The summed E-state index contributed by atoms with van der Waals surface area (Å²) in [7, 11) is 0. The van der Waals surface area contributed by atoms with Crippen LogP contribution >= 0.6 is 0 Å². The second-order valence-corrected chi connectivity index (χ2v) is 4.10. The van der Waals surface area contributed by atoms with E-state index in [0.717, 1.165) is 0 Å². The van der Waals surface area contributed by atoms with Crippen LogP contribution in [0.15, 0.2) is 24.3 Å². The fraction of sp³-hybridized carbons (Fsp3) is 0.500. The van der Waals surface area contributed by atoms with Crippen molar-refractivity contribution in [1.29, 1.82) is 0 Å². The minimum absolute atomic E-state index is 0.0150. The Morgan fingerprint density at radius 3 is 2.60 bits per heavy atom. The van der Waals surface area contributed by atoms with E-state index >= 15 is 0 Å². The van der Waals surface area contributed by atoms with Gasteiger partial charge in [-0.2, -0.15) is 0 Å². The maximum atomic E-state index is 11.9. The Hall–Kier alpha value is -1.95. The lowest BCUT2D eigenvalue weighted by atomic mass is 10.1. The first-order valence-corrected chi connectivity index (χ1v) is 6.75. The molecule has 0 spiro atoms. The van der Waals surface area contributed by atoms with Crippen molar-refractivity contribution in [3.8, 4) is 0 Å². The molecular weight excluding hydrogens is 260 g/mol. The SMILES string of the molecule is CC.O=C(Cc1cccc([N+](=O)[O-])c1)N1CCOCC1. The Bertz CT molecular complexity index is 456. The van der Waals surface area contributed by atoms with Crippen LogP contribution in [0, 0.1) is 10.1 Å². The number of amides is 1. The summed E-state index contributed by atoms with van der Waals surface area (Å²) in [5.74, 6) is -0.0150. The second kappa shape index (κ2) is 8.27. The lowest BCUT2D eigenvalue weighted by Crippen LogP contribution is -2.41. The van der Waals surface area contributed by atoms with Crippen LogP contribution < -0.4 is 0 Å². The number of rotatable bonds is 3. The first kappa shape index (κ1) is 16.1. The normalized spacial score (nSPS) is 14.2. The minimum Gasteiger partial charge on any atom is -0.378 e. The molecular formula is C14H20N2O4. The average molecular weight is 280 g/mol. The Kier molecular flexibility index (Phi) is 6.66. The number of hydrogen-bond acceptors (Lipinski definition) is 4. The highest BCUT2D eigenvalue weighted by Crippen LogP contribution is 2.14. The number of nitrogens with zero attached hydrogens (tertiary/aromatic N) is 2. The molecule has 0 aromatic heterocycles. The zero-order valence-electron chi connectivity index (χ0n) is 11.9. The molecule has 1 amide bonds. The van der Waals surface area contributed by atoms with Gasteiger partial charge in [0, 0.05) is 25.2 Å². The van der Waals surface area contributed by atoms with Crippen molar-refractivity contribution in [1.82, 2.24) is 4.90 Å². The summed E-state index contributed by atoms with van der Waals surface area (Å²) in [4.78, 5) is 23.9. The zero-order valence-corrected chi connectivity index (χ0v) is 11.9. The van der Waals surface area contributed by atoms with Gasteiger partial charge in [0.2, 0.25) is 5.91 Å². The predicted molar refractivity (Wildman–Crippen MR) is 75.5 cm³/mol. The van der Waals surface area contributed by atoms with Crippen molar-refractivity contribution in [2.75, 3.05) is 26.3 Å². The van der Waals surface area contributed by atoms with Crippen molar-refractivity contribution >= 4 is 11.6 Å². The molecule has 6 nitrogen and oxygen atoms in total. The van der Waals surface area contributed by atoms with Crippen molar-refractivity contribution in [3.63, 3.8) is 0 Å². The molecule has 1 aliphatic heterocycles. The van der Waals surface area contributed by atoms with Crippen LogP contribution in [0.4, 0.5) is 5.69 Å². The summed E-state index contributed by atoms with van der Waals surface area (Å²) < 4.78 is 5.17. The summed E-state index contributed by atoms with van der Waals surface area (Å²) in [6.45, 7) is 6.29. The Labute approximate surface area is 118 Å². The summed E-state index contributed by atoms with van der Waals surface area (Å²) in [6, 6.07) is 6.19. The minimum atomic E-state index is -0.456. The molecule has 0 N–H and O–H groups in total. The van der Waals surface area contributed by atoms with Crippen LogP contribution in [-0.4, -0.2) is 42.0 Å². The summed E-state index contributed by atoms with van der Waals surface area (Å²) in [5, 5.41) is 10.6. The maximum Gasteiger partial charge on any atom is 0.269 e. The number of carbonyl (C=O) groups is 1. The number of hydrogen-bond donors (Lipinski definition) is 0. The molecule has 0 bridgehead atoms. The molecule has 0 aliphatic carbocycles. The van der Waals surface area contributed by atoms with E-state index in [1.54, 1.807) is 17.0 Å². The van der Waals surface area contributed by atoms with Gasteiger partial charge in [0.05, 0.1) is 24.6 Å². The van der Waals surface area contributed by atoms with Gasteiger partial charge in [0.1, 0.15) is 0 Å². The van der Waals surface area contributed by atoms with Crippen LogP contribution in [0.2, 0.25) is 0 Å². The van der Waals surface area contributed by atoms with Gasteiger partial charge in [-0.05, 0) is 5.56 Å². The molecule has 0 unspecified atom stereocenters. The fourth-order valence-electron chi connectivity index (χ4n) is 1.88. The van der Waals surface area contributed by atoms with E-state index < -0.39 is 4.92 Å². The van der Waals surface area contributed by atoms with Gasteiger partial charge in [0.25, 0.3) is 5.69 Å². The van der Waals surface area contributed by atoms with Crippen molar-refractivity contribution in [3.05, 3.63) is 39.9 Å². The Morgan fingerprint density at radius 1 is 1.35 bits per heavy atom. The van der Waals surface area contributed by atoms with Crippen LogP contribution in [-0.2, 0) is 16.0 Å². The highest BCUT2D eigenvalue weighted by molar-refractivity contribution is 5.79. The van der Waals surface area contributed by atoms with E-state index in [1.165, 1.54) is 12.1 Å². The van der Waals surface area contributed by atoms with Gasteiger partial charge in [0.15, 0.2) is 0 Å². The molecule has 0 radical (unpaired) electrons. The molecule has 110 valence electrons. The molecule has 1 saturated heterocycles. The summed E-state index contributed by atoms with van der Waals surface area (Å²) in [6.07, 6.45) is 0.196. The van der Waals surface area contributed by atoms with Crippen molar-refractivity contribution in [2.45, 2.75) is 20.3 Å². The molecule has 1 aromatic carbocycles. The lowest BCUT2D eigenvalue weighted by molar-refractivity contribution is -0.384. The van der Waals surface area contributed by atoms with Gasteiger partial charge in [-0.25, -0.2) is 0 Å². The van der Waals surface area contributed by atoms with E-state index in [0.29, 0.717) is 31.9 Å². The van der Waals surface area contributed by atoms with E-state index in [-0.39, 0.29) is 18.0 Å². The van der Waals surface area contributed by atoms with Crippen LogP contribution in [0.25, 0.3) is 0 Å². The molecule has 1 aromatic rings. The molecule has 2 rings (SSSR count). The number of nitro benzene ring substituents is 1. The first-order chi connectivity index (χ1) is 9.66. The van der Waals surface area contributed by atoms with E-state index in [2.05, 4.69) is 0 Å². The van der Waals surface area contributed by atoms with E-state index in [4.69, 9.17) is 4.74 Å². The lowest BCUT2D eigenvalue weighted by Gasteiger charge is -2.26. The largest absolute Gasteiger partial charge is 0.378 e. The number of morpholine rings is 1. The number of carbonyl (C=O) groups excluding carboxylic acids is 1. The third kappa shape index (κ3) is 4.62. The summed E-state index contributed by atoms with van der Waals surface area (Å²) >= 11 is 0. The number of benzene rings is 1. The standard InChI is InChI=1S/C12H14N2O4.C2H6/c15-12(13-4-6-18-7-5-13)9-10-2-1-3-11(8-10)14(16)17;1-2/h1-3,8H,4-7,9H2;1-2H3. The van der Waals surface area contributed by atoms with Crippen molar-refractivity contribution in [2.24, 2.45) is 0 Å². The average Bonchev–Trinajstić information content (AvgIpc) is 2.50. The molecule has 1 heterocycles. The van der Waals surface area contributed by atoms with E-state index in [1.807, 2.05) is 13.8 Å². The molecule has 0 saturated carbocycles. The highest BCUT2D eigenvalue weighted by atomic mass is 16.6. The molecule has 6 heteroatoms. The van der Waals surface area contributed by atoms with Crippen molar-refractivity contribution < 1.29 is 14.5 Å².